The third-order valence-corrected chi connectivity index (χ3v) is 7.61. The molecule has 1 aliphatic rings. The monoisotopic (exact) mass is 476 g/mol. The number of hydrogen-bond donors (Lipinski definition) is 1. The van der Waals surface area contributed by atoms with Crippen molar-refractivity contribution < 1.29 is 9.59 Å². The van der Waals surface area contributed by atoms with E-state index in [4.69, 9.17) is 4.98 Å². The van der Waals surface area contributed by atoms with Gasteiger partial charge in [0.2, 0.25) is 11.8 Å². The Bertz CT molecular complexity index is 1460. The van der Waals surface area contributed by atoms with E-state index in [1.54, 1.807) is 16.7 Å². The number of carbonyl (C=O) groups is 2. The number of thiophene rings is 1. The summed E-state index contributed by atoms with van der Waals surface area (Å²) in [5.74, 6) is -0.428. The summed E-state index contributed by atoms with van der Waals surface area (Å²) in [6, 6.07) is 16.5. The maximum Gasteiger partial charge on any atom is 0.267 e. The molecule has 0 saturated carbocycles. The van der Waals surface area contributed by atoms with E-state index in [1.807, 2.05) is 56.3 Å². The molecule has 2 amide bonds. The Hall–Kier alpha value is -3.43. The van der Waals surface area contributed by atoms with Crippen molar-refractivity contribution in [3.05, 3.63) is 75.4 Å². The van der Waals surface area contributed by atoms with Crippen LogP contribution in [0.3, 0.4) is 0 Å². The molecule has 0 aliphatic carbocycles. The summed E-state index contributed by atoms with van der Waals surface area (Å²) in [6.45, 7) is 3.86. The maximum absolute atomic E-state index is 13.5. The zero-order valence-electron chi connectivity index (χ0n) is 18.0. The number of aromatic nitrogens is 2. The summed E-state index contributed by atoms with van der Waals surface area (Å²) in [7, 11) is 0. The molecule has 7 nitrogen and oxygen atoms in total. The molecule has 2 aromatic carbocycles. The number of fused-ring (bicyclic) bond motifs is 2. The standard InChI is InChI=1S/C24H20N4O3S2/c1-14-15(2)33-22-21(14)23(31)28(16-8-4-3-5-9-16)24(26-22)32-13-20(30)27-12-19(29)25-17-10-6-7-11-18(17)27/h3-11H,12-13H2,1-2H3,(H,25,29). The SMILES string of the molecule is Cc1sc2nc(SCC(=O)N3CC(=O)Nc4ccccc43)n(-c3ccccc3)c(=O)c2c1C. The Morgan fingerprint density at radius 1 is 1.09 bits per heavy atom. The Kier molecular flexibility index (Phi) is 5.51. The zero-order valence-corrected chi connectivity index (χ0v) is 19.6. The van der Waals surface area contributed by atoms with Crippen LogP contribution in [0.2, 0.25) is 0 Å². The molecule has 1 aliphatic heterocycles. The molecule has 0 bridgehead atoms. The van der Waals surface area contributed by atoms with Gasteiger partial charge in [0.1, 0.15) is 11.4 Å². The normalized spacial score (nSPS) is 13.2. The predicted molar refractivity (Wildman–Crippen MR) is 133 cm³/mol. The van der Waals surface area contributed by atoms with Gasteiger partial charge >= 0.3 is 0 Å². The Labute approximate surface area is 198 Å². The molecule has 166 valence electrons. The molecule has 0 saturated heterocycles. The van der Waals surface area contributed by atoms with Crippen molar-refractivity contribution in [2.45, 2.75) is 19.0 Å². The minimum absolute atomic E-state index is 0.0374. The van der Waals surface area contributed by atoms with Crippen LogP contribution in [0.15, 0.2) is 64.5 Å². The molecule has 0 fully saturated rings. The fourth-order valence-corrected chi connectivity index (χ4v) is 5.80. The van der Waals surface area contributed by atoms with Crippen molar-refractivity contribution in [3.8, 4) is 5.69 Å². The highest BCUT2D eigenvalue weighted by Crippen LogP contribution is 2.32. The van der Waals surface area contributed by atoms with Gasteiger partial charge in [-0.25, -0.2) is 4.98 Å². The number of benzene rings is 2. The number of carbonyl (C=O) groups excluding carboxylic acids is 2. The van der Waals surface area contributed by atoms with Crippen LogP contribution in [0.4, 0.5) is 11.4 Å². The van der Waals surface area contributed by atoms with Crippen LogP contribution in [-0.4, -0.2) is 33.7 Å². The number of hydrogen-bond acceptors (Lipinski definition) is 6. The molecule has 9 heteroatoms. The molecule has 0 unspecified atom stereocenters. The lowest BCUT2D eigenvalue weighted by Gasteiger charge is -2.29. The second-order valence-corrected chi connectivity index (χ2v) is 9.81. The topological polar surface area (TPSA) is 84.3 Å². The lowest BCUT2D eigenvalue weighted by molar-refractivity contribution is -0.120. The number of nitrogens with zero attached hydrogens (tertiary/aromatic N) is 3. The average Bonchev–Trinajstić information content (AvgIpc) is 3.10. The summed E-state index contributed by atoms with van der Waals surface area (Å²) < 4.78 is 1.57. The highest BCUT2D eigenvalue weighted by molar-refractivity contribution is 7.99. The van der Waals surface area contributed by atoms with E-state index >= 15 is 0 Å². The molecule has 1 N–H and O–H groups in total. The molecule has 0 atom stereocenters. The summed E-state index contributed by atoms with van der Waals surface area (Å²) >= 11 is 2.68. The highest BCUT2D eigenvalue weighted by atomic mass is 32.2. The van der Waals surface area contributed by atoms with Gasteiger partial charge in [0.25, 0.3) is 5.56 Å². The molecule has 4 aromatic rings. The van der Waals surface area contributed by atoms with E-state index in [-0.39, 0.29) is 29.7 Å². The second kappa shape index (κ2) is 8.49. The quantitative estimate of drug-likeness (QED) is 0.354. The largest absolute Gasteiger partial charge is 0.323 e. The molecule has 5 rings (SSSR count). The minimum Gasteiger partial charge on any atom is -0.323 e. The molecule has 0 radical (unpaired) electrons. The van der Waals surface area contributed by atoms with E-state index in [0.717, 1.165) is 10.4 Å². The van der Waals surface area contributed by atoms with Crippen molar-refractivity contribution in [1.29, 1.82) is 0 Å². The number of amides is 2. The van der Waals surface area contributed by atoms with E-state index in [1.165, 1.54) is 28.0 Å². The highest BCUT2D eigenvalue weighted by Gasteiger charge is 2.27. The van der Waals surface area contributed by atoms with Gasteiger partial charge in [-0.05, 0) is 43.7 Å². The number of para-hydroxylation sites is 3. The minimum atomic E-state index is -0.239. The smallest absolute Gasteiger partial charge is 0.267 e. The van der Waals surface area contributed by atoms with Crippen LogP contribution in [0, 0.1) is 13.8 Å². The van der Waals surface area contributed by atoms with Crippen LogP contribution < -0.4 is 15.8 Å². The molecular weight excluding hydrogens is 456 g/mol. The van der Waals surface area contributed by atoms with E-state index in [0.29, 0.717) is 32.4 Å². The van der Waals surface area contributed by atoms with Gasteiger partial charge in [0, 0.05) is 4.88 Å². The average molecular weight is 477 g/mol. The van der Waals surface area contributed by atoms with E-state index in [9.17, 15) is 14.4 Å². The van der Waals surface area contributed by atoms with Crippen LogP contribution in [-0.2, 0) is 9.59 Å². The summed E-state index contributed by atoms with van der Waals surface area (Å²) in [5.41, 5.74) is 2.75. The molecule has 0 spiro atoms. The van der Waals surface area contributed by atoms with Crippen molar-refractivity contribution >= 4 is 56.5 Å². The van der Waals surface area contributed by atoms with Gasteiger partial charge in [-0.15, -0.1) is 11.3 Å². The van der Waals surface area contributed by atoms with E-state index < -0.39 is 0 Å². The summed E-state index contributed by atoms with van der Waals surface area (Å²) in [6.07, 6.45) is 0. The first-order valence-corrected chi connectivity index (χ1v) is 12.1. The predicted octanol–water partition coefficient (Wildman–Crippen LogP) is 4.14. The first-order valence-electron chi connectivity index (χ1n) is 10.3. The van der Waals surface area contributed by atoms with Gasteiger partial charge in [-0.1, -0.05) is 42.1 Å². The fraction of sp³-hybridized carbons (Fsp3) is 0.167. The molecule has 33 heavy (non-hydrogen) atoms. The number of nitrogens with one attached hydrogen (secondary N) is 1. The Morgan fingerprint density at radius 3 is 2.61 bits per heavy atom. The first-order chi connectivity index (χ1) is 15.9. The number of anilines is 2. The van der Waals surface area contributed by atoms with Crippen molar-refractivity contribution in [2.75, 3.05) is 22.5 Å². The second-order valence-electron chi connectivity index (χ2n) is 7.67. The van der Waals surface area contributed by atoms with Crippen LogP contribution in [0.25, 0.3) is 15.9 Å². The Balaban J connectivity index is 1.53. The van der Waals surface area contributed by atoms with Gasteiger partial charge in [0.15, 0.2) is 5.16 Å². The fourth-order valence-electron chi connectivity index (χ4n) is 3.84. The third-order valence-electron chi connectivity index (χ3n) is 5.58. The molecule has 3 heterocycles. The maximum atomic E-state index is 13.5. The number of aryl methyl sites for hydroxylation is 2. The first kappa shape index (κ1) is 21.4. The lowest BCUT2D eigenvalue weighted by atomic mass is 10.2. The summed E-state index contributed by atoms with van der Waals surface area (Å²) in [5, 5.41) is 3.85. The van der Waals surface area contributed by atoms with Crippen LogP contribution in [0.5, 0.6) is 0 Å². The van der Waals surface area contributed by atoms with Crippen LogP contribution in [0.1, 0.15) is 10.4 Å². The molecule has 2 aromatic heterocycles. The zero-order chi connectivity index (χ0) is 23.1. The van der Waals surface area contributed by atoms with Crippen molar-refractivity contribution in [2.24, 2.45) is 0 Å². The van der Waals surface area contributed by atoms with Gasteiger partial charge < -0.3 is 10.2 Å². The third kappa shape index (κ3) is 3.83. The lowest BCUT2D eigenvalue weighted by Crippen LogP contribution is -2.43. The van der Waals surface area contributed by atoms with Gasteiger partial charge in [-0.3, -0.25) is 19.0 Å². The number of rotatable bonds is 4. The van der Waals surface area contributed by atoms with E-state index in [2.05, 4.69) is 5.32 Å². The van der Waals surface area contributed by atoms with Crippen molar-refractivity contribution in [3.63, 3.8) is 0 Å². The number of thioether (sulfide) groups is 1. The molecular formula is C24H20N4O3S2. The van der Waals surface area contributed by atoms with Gasteiger partial charge in [0.05, 0.1) is 28.2 Å². The summed E-state index contributed by atoms with van der Waals surface area (Å²) in [4.78, 5) is 46.7. The van der Waals surface area contributed by atoms with Crippen LogP contribution >= 0.6 is 23.1 Å². The Morgan fingerprint density at radius 2 is 1.82 bits per heavy atom. The van der Waals surface area contributed by atoms with Gasteiger partial charge in [-0.2, -0.15) is 0 Å². The van der Waals surface area contributed by atoms with Crippen molar-refractivity contribution in [1.82, 2.24) is 9.55 Å².